The van der Waals surface area contributed by atoms with Gasteiger partial charge in [0.2, 0.25) is 10.0 Å². The van der Waals surface area contributed by atoms with Crippen molar-refractivity contribution in [1.29, 1.82) is 0 Å². The maximum Gasteiger partial charge on any atom is 0.234 e. The van der Waals surface area contributed by atoms with Gasteiger partial charge in [-0.1, -0.05) is 24.3 Å². The predicted molar refractivity (Wildman–Crippen MR) is 84.4 cm³/mol. The number of nitrogens with zero attached hydrogens (tertiary/aromatic N) is 1. The molecular formula is C16H22N2O2S. The van der Waals surface area contributed by atoms with Crippen molar-refractivity contribution in [2.75, 3.05) is 13.1 Å². The zero-order valence-corrected chi connectivity index (χ0v) is 13.4. The second-order valence-electron chi connectivity index (χ2n) is 6.07. The average Bonchev–Trinajstić information content (AvgIpc) is 2.46. The summed E-state index contributed by atoms with van der Waals surface area (Å²) in [4.78, 5) is 2.43. The van der Waals surface area contributed by atoms with Crippen molar-refractivity contribution in [3.8, 4) is 0 Å². The Kier molecular flexibility index (Phi) is 3.80. The molecule has 4 nitrogen and oxygen atoms in total. The van der Waals surface area contributed by atoms with Gasteiger partial charge < -0.3 is 0 Å². The Bertz CT molecular complexity index is 665. The summed E-state index contributed by atoms with van der Waals surface area (Å²) in [6.45, 7) is 5.36. The minimum absolute atomic E-state index is 0.202. The molecule has 21 heavy (non-hydrogen) atoms. The topological polar surface area (TPSA) is 49.4 Å². The Morgan fingerprint density at radius 2 is 1.90 bits per heavy atom. The number of fused-ring (bicyclic) bond motifs is 3. The van der Waals surface area contributed by atoms with Crippen LogP contribution in [0.5, 0.6) is 0 Å². The highest BCUT2D eigenvalue weighted by Crippen LogP contribution is 2.34. The molecule has 1 aromatic carbocycles. The predicted octanol–water partition coefficient (Wildman–Crippen LogP) is 2.20. The molecule has 2 aliphatic rings. The number of benzene rings is 1. The van der Waals surface area contributed by atoms with Crippen molar-refractivity contribution in [2.24, 2.45) is 0 Å². The first-order valence-corrected chi connectivity index (χ1v) is 9.06. The maximum atomic E-state index is 12.0. The van der Waals surface area contributed by atoms with Gasteiger partial charge in [-0.25, -0.2) is 8.42 Å². The van der Waals surface area contributed by atoms with Crippen LogP contribution in [0.1, 0.15) is 37.4 Å². The van der Waals surface area contributed by atoms with Gasteiger partial charge in [0.25, 0.3) is 0 Å². The summed E-state index contributed by atoms with van der Waals surface area (Å²) in [5.41, 5.74) is 3.52. The third kappa shape index (κ3) is 2.85. The molecule has 114 valence electrons. The van der Waals surface area contributed by atoms with E-state index in [4.69, 9.17) is 0 Å². The van der Waals surface area contributed by atoms with Crippen LogP contribution in [-0.4, -0.2) is 31.7 Å². The molecule has 2 aliphatic heterocycles. The first-order chi connectivity index (χ1) is 9.97. The fraction of sp³-hybridized carbons (Fsp3) is 0.500. The average molecular weight is 306 g/mol. The molecule has 0 bridgehead atoms. The van der Waals surface area contributed by atoms with Crippen LogP contribution >= 0.6 is 0 Å². The molecule has 3 rings (SSSR count). The highest BCUT2D eigenvalue weighted by molar-refractivity contribution is 7.90. The molecule has 1 unspecified atom stereocenters. The van der Waals surface area contributed by atoms with Crippen molar-refractivity contribution >= 4 is 10.0 Å². The van der Waals surface area contributed by atoms with Crippen molar-refractivity contribution in [3.05, 3.63) is 47.2 Å². The van der Waals surface area contributed by atoms with Gasteiger partial charge in [-0.05, 0) is 37.5 Å². The van der Waals surface area contributed by atoms with Crippen molar-refractivity contribution in [3.63, 3.8) is 0 Å². The molecule has 0 amide bonds. The molecule has 0 aliphatic carbocycles. The molecule has 0 saturated carbocycles. The minimum atomic E-state index is -3.25. The Morgan fingerprint density at radius 3 is 2.67 bits per heavy atom. The first kappa shape index (κ1) is 14.6. The third-order valence-corrected chi connectivity index (χ3v) is 6.14. The lowest BCUT2D eigenvalue weighted by Gasteiger charge is -2.39. The van der Waals surface area contributed by atoms with E-state index in [1.807, 2.05) is 0 Å². The van der Waals surface area contributed by atoms with Crippen LogP contribution < -0.4 is 4.72 Å². The van der Waals surface area contributed by atoms with Gasteiger partial charge in [-0.15, -0.1) is 0 Å². The third-order valence-electron chi connectivity index (χ3n) is 4.36. The number of nitrogens with one attached hydrogen (secondary N) is 1. The second-order valence-corrected chi connectivity index (χ2v) is 8.30. The molecule has 0 saturated heterocycles. The fourth-order valence-corrected chi connectivity index (χ4v) is 3.79. The molecule has 0 aromatic heterocycles. The van der Waals surface area contributed by atoms with Crippen LogP contribution in [0.4, 0.5) is 0 Å². The smallest absolute Gasteiger partial charge is 0.234 e. The summed E-state index contributed by atoms with van der Waals surface area (Å²) in [6, 6.07) is 8.66. The van der Waals surface area contributed by atoms with Crippen molar-refractivity contribution in [1.82, 2.24) is 9.62 Å². The summed E-state index contributed by atoms with van der Waals surface area (Å²) >= 11 is 0. The van der Waals surface area contributed by atoms with E-state index in [2.05, 4.69) is 40.0 Å². The Hall–Kier alpha value is -1.33. The molecule has 0 radical (unpaired) electrons. The second kappa shape index (κ2) is 5.46. The SMILES string of the molecule is CC(C)S(=O)(=O)NC1=CC2c3ccccc3CCN2CC1. The normalized spacial score (nSPS) is 22.4. The van der Waals surface area contributed by atoms with Crippen LogP contribution in [0, 0.1) is 0 Å². The highest BCUT2D eigenvalue weighted by atomic mass is 32.2. The number of hydrogen-bond acceptors (Lipinski definition) is 3. The van der Waals surface area contributed by atoms with Crippen LogP contribution in [0.2, 0.25) is 0 Å². The maximum absolute atomic E-state index is 12.0. The largest absolute Gasteiger partial charge is 0.292 e. The summed E-state index contributed by atoms with van der Waals surface area (Å²) in [5, 5.41) is -0.407. The van der Waals surface area contributed by atoms with E-state index < -0.39 is 15.3 Å². The van der Waals surface area contributed by atoms with Crippen LogP contribution in [0.15, 0.2) is 36.0 Å². The number of sulfonamides is 1. The van der Waals surface area contributed by atoms with E-state index in [0.717, 1.165) is 31.6 Å². The van der Waals surface area contributed by atoms with Gasteiger partial charge >= 0.3 is 0 Å². The highest BCUT2D eigenvalue weighted by Gasteiger charge is 2.30. The summed E-state index contributed by atoms with van der Waals surface area (Å²) in [5.74, 6) is 0. The monoisotopic (exact) mass is 306 g/mol. The molecule has 2 heterocycles. The summed E-state index contributed by atoms with van der Waals surface area (Å²) in [7, 11) is -3.25. The van der Waals surface area contributed by atoms with E-state index in [-0.39, 0.29) is 6.04 Å². The molecule has 5 heteroatoms. The van der Waals surface area contributed by atoms with Gasteiger partial charge in [-0.3, -0.25) is 9.62 Å². The Morgan fingerprint density at radius 1 is 1.19 bits per heavy atom. The molecular weight excluding hydrogens is 284 g/mol. The minimum Gasteiger partial charge on any atom is -0.292 e. The molecule has 1 atom stereocenters. The molecule has 0 spiro atoms. The van der Waals surface area contributed by atoms with E-state index >= 15 is 0 Å². The van der Waals surface area contributed by atoms with E-state index in [9.17, 15) is 8.42 Å². The molecule has 0 fully saturated rings. The van der Waals surface area contributed by atoms with E-state index in [0.29, 0.717) is 0 Å². The quantitative estimate of drug-likeness (QED) is 0.931. The van der Waals surface area contributed by atoms with Crippen LogP contribution in [-0.2, 0) is 16.4 Å². The fourth-order valence-electron chi connectivity index (χ4n) is 3.02. The lowest BCUT2D eigenvalue weighted by molar-refractivity contribution is 0.208. The number of hydrogen-bond donors (Lipinski definition) is 1. The van der Waals surface area contributed by atoms with Crippen molar-refractivity contribution < 1.29 is 8.42 Å². The molecule has 1 aromatic rings. The Balaban J connectivity index is 1.90. The van der Waals surface area contributed by atoms with Gasteiger partial charge in [0.05, 0.1) is 11.3 Å². The lowest BCUT2D eigenvalue weighted by Crippen LogP contribution is -2.41. The van der Waals surface area contributed by atoms with Gasteiger partial charge in [0, 0.05) is 25.2 Å². The number of rotatable bonds is 3. The zero-order valence-electron chi connectivity index (χ0n) is 12.5. The van der Waals surface area contributed by atoms with Crippen LogP contribution in [0.25, 0.3) is 0 Å². The standard InChI is InChI=1S/C16H22N2O2S/c1-12(2)21(19,20)17-14-8-10-18-9-7-13-5-3-4-6-15(13)16(18)11-14/h3-6,11-12,16-17H,7-10H2,1-2H3. The van der Waals surface area contributed by atoms with Crippen LogP contribution in [0.3, 0.4) is 0 Å². The summed E-state index contributed by atoms with van der Waals surface area (Å²) < 4.78 is 26.8. The first-order valence-electron chi connectivity index (χ1n) is 7.51. The van der Waals surface area contributed by atoms with E-state index in [1.54, 1.807) is 13.8 Å². The zero-order chi connectivity index (χ0) is 15.0. The van der Waals surface area contributed by atoms with Gasteiger partial charge in [-0.2, -0.15) is 0 Å². The lowest BCUT2D eigenvalue weighted by atomic mass is 9.90. The van der Waals surface area contributed by atoms with Gasteiger partial charge in [0.15, 0.2) is 0 Å². The Labute approximate surface area is 126 Å². The van der Waals surface area contributed by atoms with Crippen molar-refractivity contribution in [2.45, 2.75) is 38.0 Å². The van der Waals surface area contributed by atoms with Gasteiger partial charge in [0.1, 0.15) is 0 Å². The summed E-state index contributed by atoms with van der Waals surface area (Å²) in [6.07, 6.45) is 3.93. The molecule has 1 N–H and O–H groups in total. The van der Waals surface area contributed by atoms with E-state index in [1.165, 1.54) is 11.1 Å².